The highest BCUT2D eigenvalue weighted by Gasteiger charge is 2.42. The minimum atomic E-state index is -1.59. The molecule has 1 aliphatic rings. The van der Waals surface area contributed by atoms with Crippen molar-refractivity contribution >= 4 is 11.9 Å². The first-order chi connectivity index (χ1) is 10.2. The fourth-order valence-electron chi connectivity index (χ4n) is 2.13. The van der Waals surface area contributed by atoms with Crippen LogP contribution in [0.4, 0.5) is 15.0 Å². The maximum Gasteiger partial charge on any atom is 0.410 e. The Kier molecular flexibility index (Phi) is 4.44. The van der Waals surface area contributed by atoms with Crippen LogP contribution in [0, 0.1) is 0 Å². The number of aromatic nitrogens is 1. The SMILES string of the molecule is CC(C)(C)OC(=O)N1CC[C@@](F)(COc2ccc(N)nc2)C1. The van der Waals surface area contributed by atoms with Gasteiger partial charge in [0.1, 0.15) is 23.8 Å². The first kappa shape index (κ1) is 16.3. The van der Waals surface area contributed by atoms with E-state index in [1.807, 2.05) is 0 Å². The molecular formula is C15H22FN3O3. The van der Waals surface area contributed by atoms with Crippen LogP contribution in [0.15, 0.2) is 18.3 Å². The smallest absolute Gasteiger partial charge is 0.410 e. The molecule has 0 radical (unpaired) electrons. The van der Waals surface area contributed by atoms with E-state index in [1.165, 1.54) is 11.1 Å². The second kappa shape index (κ2) is 5.98. The summed E-state index contributed by atoms with van der Waals surface area (Å²) in [6.07, 6.45) is 1.16. The Balaban J connectivity index is 1.87. The summed E-state index contributed by atoms with van der Waals surface area (Å²) in [6, 6.07) is 3.22. The van der Waals surface area contributed by atoms with E-state index in [1.54, 1.807) is 32.9 Å². The van der Waals surface area contributed by atoms with Crippen molar-refractivity contribution < 1.29 is 18.7 Å². The monoisotopic (exact) mass is 311 g/mol. The summed E-state index contributed by atoms with van der Waals surface area (Å²) in [5.41, 5.74) is 3.30. The van der Waals surface area contributed by atoms with Gasteiger partial charge in [0, 0.05) is 13.0 Å². The average molecular weight is 311 g/mol. The molecule has 2 rings (SSSR count). The summed E-state index contributed by atoms with van der Waals surface area (Å²) in [4.78, 5) is 17.2. The van der Waals surface area contributed by atoms with E-state index in [0.717, 1.165) is 0 Å². The maximum absolute atomic E-state index is 14.7. The molecule has 122 valence electrons. The second-order valence-electron chi connectivity index (χ2n) is 6.51. The minimum absolute atomic E-state index is 0.0374. The van der Waals surface area contributed by atoms with Crippen LogP contribution in [0.3, 0.4) is 0 Å². The van der Waals surface area contributed by atoms with Crippen molar-refractivity contribution in [2.24, 2.45) is 0 Å². The predicted molar refractivity (Wildman–Crippen MR) is 80.4 cm³/mol. The molecule has 1 atom stereocenters. The highest BCUT2D eigenvalue weighted by molar-refractivity contribution is 5.68. The zero-order chi connectivity index (χ0) is 16.4. The van der Waals surface area contributed by atoms with Gasteiger partial charge in [-0.1, -0.05) is 0 Å². The third-order valence-corrected chi connectivity index (χ3v) is 3.21. The third kappa shape index (κ3) is 4.47. The number of rotatable bonds is 3. The maximum atomic E-state index is 14.7. The van der Waals surface area contributed by atoms with Crippen molar-refractivity contribution in [3.8, 4) is 5.75 Å². The number of likely N-dealkylation sites (tertiary alicyclic amines) is 1. The Morgan fingerprint density at radius 3 is 2.82 bits per heavy atom. The number of nitrogens with two attached hydrogens (primary N) is 1. The molecule has 1 saturated heterocycles. The van der Waals surface area contributed by atoms with Gasteiger partial charge >= 0.3 is 6.09 Å². The number of halogens is 1. The molecule has 0 aromatic carbocycles. The Bertz CT molecular complexity index is 530. The zero-order valence-corrected chi connectivity index (χ0v) is 13.1. The fraction of sp³-hybridized carbons (Fsp3) is 0.600. The lowest BCUT2D eigenvalue weighted by Gasteiger charge is -2.25. The number of nitrogens with zero attached hydrogens (tertiary/aromatic N) is 2. The molecule has 1 aromatic heterocycles. The van der Waals surface area contributed by atoms with Crippen molar-refractivity contribution in [3.63, 3.8) is 0 Å². The van der Waals surface area contributed by atoms with Gasteiger partial charge in [-0.2, -0.15) is 0 Å². The van der Waals surface area contributed by atoms with E-state index in [-0.39, 0.29) is 19.6 Å². The molecule has 0 unspecified atom stereocenters. The number of anilines is 1. The normalized spacial score (nSPS) is 21.7. The second-order valence-corrected chi connectivity index (χ2v) is 6.51. The van der Waals surface area contributed by atoms with Gasteiger partial charge in [0.25, 0.3) is 0 Å². The van der Waals surface area contributed by atoms with Crippen LogP contribution in [0.1, 0.15) is 27.2 Å². The van der Waals surface area contributed by atoms with E-state index in [0.29, 0.717) is 18.1 Å². The van der Waals surface area contributed by atoms with Crippen molar-refractivity contribution in [2.45, 2.75) is 38.5 Å². The number of pyridine rings is 1. The van der Waals surface area contributed by atoms with Gasteiger partial charge in [-0.05, 0) is 32.9 Å². The van der Waals surface area contributed by atoms with Gasteiger partial charge < -0.3 is 20.1 Å². The summed E-state index contributed by atoms with van der Waals surface area (Å²) in [5, 5.41) is 0. The molecule has 1 amide bonds. The van der Waals surface area contributed by atoms with E-state index in [4.69, 9.17) is 15.2 Å². The summed E-state index contributed by atoms with van der Waals surface area (Å²) in [7, 11) is 0. The van der Waals surface area contributed by atoms with E-state index < -0.39 is 17.4 Å². The van der Waals surface area contributed by atoms with Crippen LogP contribution >= 0.6 is 0 Å². The van der Waals surface area contributed by atoms with Gasteiger partial charge in [0.15, 0.2) is 5.67 Å². The van der Waals surface area contributed by atoms with E-state index in [2.05, 4.69) is 4.98 Å². The summed E-state index contributed by atoms with van der Waals surface area (Å²) >= 11 is 0. The molecular weight excluding hydrogens is 289 g/mol. The van der Waals surface area contributed by atoms with Gasteiger partial charge in [0.2, 0.25) is 0 Å². The molecule has 0 aliphatic carbocycles. The Morgan fingerprint density at radius 2 is 2.23 bits per heavy atom. The van der Waals surface area contributed by atoms with Gasteiger partial charge in [0.05, 0.1) is 12.7 Å². The lowest BCUT2D eigenvalue weighted by Crippen LogP contribution is -2.39. The number of hydrogen-bond acceptors (Lipinski definition) is 5. The molecule has 2 heterocycles. The van der Waals surface area contributed by atoms with E-state index >= 15 is 0 Å². The molecule has 1 aliphatic heterocycles. The molecule has 2 N–H and O–H groups in total. The molecule has 7 heteroatoms. The van der Waals surface area contributed by atoms with Crippen LogP contribution in [0.2, 0.25) is 0 Å². The number of nitrogen functional groups attached to an aromatic ring is 1. The molecule has 1 aromatic rings. The molecule has 1 fully saturated rings. The number of amides is 1. The number of carbonyl (C=O) groups excluding carboxylic acids is 1. The number of hydrogen-bond donors (Lipinski definition) is 1. The molecule has 6 nitrogen and oxygen atoms in total. The van der Waals surface area contributed by atoms with E-state index in [9.17, 15) is 9.18 Å². The number of carbonyl (C=O) groups is 1. The molecule has 0 bridgehead atoms. The van der Waals surface area contributed by atoms with Crippen molar-refractivity contribution in [3.05, 3.63) is 18.3 Å². The lowest BCUT2D eigenvalue weighted by atomic mass is 10.1. The van der Waals surface area contributed by atoms with Gasteiger partial charge in [-0.25, -0.2) is 14.2 Å². The average Bonchev–Trinajstić information content (AvgIpc) is 2.80. The van der Waals surface area contributed by atoms with Crippen LogP contribution < -0.4 is 10.5 Å². The predicted octanol–water partition coefficient (Wildman–Crippen LogP) is 2.39. The van der Waals surface area contributed by atoms with Crippen molar-refractivity contribution in [1.82, 2.24) is 9.88 Å². The first-order valence-electron chi connectivity index (χ1n) is 7.18. The number of ether oxygens (including phenoxy) is 2. The number of alkyl halides is 1. The molecule has 0 saturated carbocycles. The van der Waals surface area contributed by atoms with Gasteiger partial charge in [-0.15, -0.1) is 0 Å². The lowest BCUT2D eigenvalue weighted by molar-refractivity contribution is 0.0230. The van der Waals surface area contributed by atoms with Crippen molar-refractivity contribution in [2.75, 3.05) is 25.4 Å². The van der Waals surface area contributed by atoms with Crippen LogP contribution in [-0.4, -0.2) is 46.9 Å². The minimum Gasteiger partial charge on any atom is -0.489 e. The van der Waals surface area contributed by atoms with Gasteiger partial charge in [-0.3, -0.25) is 0 Å². The third-order valence-electron chi connectivity index (χ3n) is 3.21. The highest BCUT2D eigenvalue weighted by Crippen LogP contribution is 2.28. The first-order valence-corrected chi connectivity index (χ1v) is 7.18. The quantitative estimate of drug-likeness (QED) is 0.927. The van der Waals surface area contributed by atoms with Crippen molar-refractivity contribution in [1.29, 1.82) is 0 Å². The Morgan fingerprint density at radius 1 is 1.50 bits per heavy atom. The topological polar surface area (TPSA) is 77.7 Å². The zero-order valence-electron chi connectivity index (χ0n) is 13.1. The summed E-state index contributed by atoms with van der Waals surface area (Å²) in [5.74, 6) is 0.821. The molecule has 0 spiro atoms. The van der Waals surface area contributed by atoms with Crippen LogP contribution in [0.5, 0.6) is 5.75 Å². The standard InChI is InChI=1S/C15H22FN3O3/c1-14(2,3)22-13(20)19-7-6-15(16,9-19)10-21-11-4-5-12(17)18-8-11/h4-5,8H,6-7,9-10H2,1-3H3,(H2,17,18)/t15-/m0/s1. The highest BCUT2D eigenvalue weighted by atomic mass is 19.1. The molecule has 22 heavy (non-hydrogen) atoms. The van der Waals surface area contributed by atoms with Crippen LogP contribution in [0.25, 0.3) is 0 Å². The summed E-state index contributed by atoms with van der Waals surface area (Å²) < 4.78 is 25.4. The van der Waals surface area contributed by atoms with Crippen LogP contribution in [-0.2, 0) is 4.74 Å². The summed E-state index contributed by atoms with van der Waals surface area (Å²) in [6.45, 7) is 5.47. The Labute approximate surface area is 129 Å². The largest absolute Gasteiger partial charge is 0.489 e. The fourth-order valence-corrected chi connectivity index (χ4v) is 2.13. The Hall–Kier alpha value is -2.05.